The number of aliphatic imine (C=N–C) groups is 1. The number of nitrogens with one attached hydrogen (secondary N) is 2. The van der Waals surface area contributed by atoms with Crippen molar-refractivity contribution < 1.29 is 9.15 Å². The third-order valence-electron chi connectivity index (χ3n) is 4.33. The number of benzene rings is 2. The van der Waals surface area contributed by atoms with E-state index in [4.69, 9.17) is 9.15 Å². The van der Waals surface area contributed by atoms with Crippen molar-refractivity contribution in [1.82, 2.24) is 15.6 Å². The molecule has 0 saturated heterocycles. The van der Waals surface area contributed by atoms with Gasteiger partial charge in [-0.05, 0) is 11.5 Å². The Kier molecular flexibility index (Phi) is 6.19. The quantitative estimate of drug-likeness (QED) is 0.386. The maximum atomic E-state index is 5.94. The SMILES string of the molecule is CN=C(NCCOc1cccc2ccccc12)NCc1ncc(C(C)(C)C)o1. The van der Waals surface area contributed by atoms with E-state index in [1.165, 1.54) is 5.39 Å². The summed E-state index contributed by atoms with van der Waals surface area (Å²) >= 11 is 0. The summed E-state index contributed by atoms with van der Waals surface area (Å²) in [5, 5.41) is 8.73. The maximum absolute atomic E-state index is 5.94. The van der Waals surface area contributed by atoms with E-state index in [-0.39, 0.29) is 5.41 Å². The zero-order chi connectivity index (χ0) is 20.0. The number of hydrogen-bond donors (Lipinski definition) is 2. The Morgan fingerprint density at radius 2 is 1.89 bits per heavy atom. The first-order valence-corrected chi connectivity index (χ1v) is 9.47. The molecule has 148 valence electrons. The number of oxazole rings is 1. The summed E-state index contributed by atoms with van der Waals surface area (Å²) in [6.07, 6.45) is 1.78. The van der Waals surface area contributed by atoms with Gasteiger partial charge in [0.15, 0.2) is 5.96 Å². The van der Waals surface area contributed by atoms with Gasteiger partial charge < -0.3 is 19.8 Å². The van der Waals surface area contributed by atoms with Gasteiger partial charge in [0.25, 0.3) is 0 Å². The Labute approximate surface area is 166 Å². The monoisotopic (exact) mass is 380 g/mol. The molecule has 0 amide bonds. The fourth-order valence-electron chi connectivity index (χ4n) is 2.77. The highest BCUT2D eigenvalue weighted by Crippen LogP contribution is 2.25. The van der Waals surface area contributed by atoms with Gasteiger partial charge in [-0.3, -0.25) is 4.99 Å². The lowest BCUT2D eigenvalue weighted by Gasteiger charge is -2.14. The van der Waals surface area contributed by atoms with Crippen LogP contribution in [0.4, 0.5) is 0 Å². The number of nitrogens with zero attached hydrogens (tertiary/aromatic N) is 2. The van der Waals surface area contributed by atoms with Crippen molar-refractivity contribution >= 4 is 16.7 Å². The van der Waals surface area contributed by atoms with Crippen LogP contribution in [0.1, 0.15) is 32.4 Å². The fraction of sp³-hybridized carbons (Fsp3) is 0.364. The first-order valence-electron chi connectivity index (χ1n) is 9.47. The molecule has 0 spiro atoms. The second kappa shape index (κ2) is 8.78. The Morgan fingerprint density at radius 1 is 1.11 bits per heavy atom. The van der Waals surface area contributed by atoms with Gasteiger partial charge in [-0.15, -0.1) is 0 Å². The molecule has 0 unspecified atom stereocenters. The molecule has 6 nitrogen and oxygen atoms in total. The van der Waals surface area contributed by atoms with Gasteiger partial charge in [-0.1, -0.05) is 57.2 Å². The van der Waals surface area contributed by atoms with Gasteiger partial charge in [0, 0.05) is 17.8 Å². The molecule has 0 fully saturated rings. The largest absolute Gasteiger partial charge is 0.491 e. The van der Waals surface area contributed by atoms with Crippen molar-refractivity contribution in [2.75, 3.05) is 20.2 Å². The second-order valence-corrected chi connectivity index (χ2v) is 7.55. The summed E-state index contributed by atoms with van der Waals surface area (Å²) in [4.78, 5) is 8.54. The molecule has 6 heteroatoms. The average Bonchev–Trinajstić information content (AvgIpc) is 3.17. The molecule has 1 heterocycles. The van der Waals surface area contributed by atoms with E-state index in [0.717, 1.165) is 16.9 Å². The lowest BCUT2D eigenvalue weighted by atomic mass is 9.94. The van der Waals surface area contributed by atoms with Crippen molar-refractivity contribution in [3.8, 4) is 5.75 Å². The van der Waals surface area contributed by atoms with Gasteiger partial charge in [0.1, 0.15) is 18.1 Å². The molecule has 0 aliphatic carbocycles. The van der Waals surface area contributed by atoms with E-state index in [1.54, 1.807) is 13.2 Å². The predicted octanol–water partition coefficient (Wildman–Crippen LogP) is 3.87. The van der Waals surface area contributed by atoms with Crippen LogP contribution in [0.15, 0.2) is 58.1 Å². The molecule has 0 saturated carbocycles. The Bertz CT molecular complexity index is 936. The smallest absolute Gasteiger partial charge is 0.213 e. The predicted molar refractivity (Wildman–Crippen MR) is 113 cm³/mol. The van der Waals surface area contributed by atoms with Crippen LogP contribution in [-0.2, 0) is 12.0 Å². The van der Waals surface area contributed by atoms with Crippen LogP contribution in [0.2, 0.25) is 0 Å². The molecule has 0 bridgehead atoms. The number of hydrogen-bond acceptors (Lipinski definition) is 4. The summed E-state index contributed by atoms with van der Waals surface area (Å²) in [5.41, 5.74) is -0.0515. The lowest BCUT2D eigenvalue weighted by Crippen LogP contribution is -2.38. The standard InChI is InChI=1S/C22H28N4O2/c1-22(2,3)19-14-25-20(28-19)15-26-21(23-4)24-12-13-27-18-11-7-9-16-8-5-6-10-17(16)18/h5-11,14H,12-13,15H2,1-4H3,(H2,23,24,26). The third kappa shape index (κ3) is 5.03. The number of ether oxygens (including phenoxy) is 1. The highest BCUT2D eigenvalue weighted by Gasteiger charge is 2.19. The molecule has 3 aromatic rings. The fourth-order valence-corrected chi connectivity index (χ4v) is 2.77. The highest BCUT2D eigenvalue weighted by molar-refractivity contribution is 5.88. The lowest BCUT2D eigenvalue weighted by molar-refractivity contribution is 0.325. The Balaban J connectivity index is 1.46. The summed E-state index contributed by atoms with van der Waals surface area (Å²) in [6, 6.07) is 14.3. The minimum Gasteiger partial charge on any atom is -0.491 e. The molecule has 0 aliphatic rings. The summed E-state index contributed by atoms with van der Waals surface area (Å²) in [6.45, 7) is 7.92. The van der Waals surface area contributed by atoms with Gasteiger partial charge in [0.2, 0.25) is 5.89 Å². The van der Waals surface area contributed by atoms with Crippen molar-refractivity contribution in [2.24, 2.45) is 4.99 Å². The van der Waals surface area contributed by atoms with Crippen LogP contribution in [0.5, 0.6) is 5.75 Å². The molecule has 0 aliphatic heterocycles. The first kappa shape index (κ1) is 19.7. The first-order chi connectivity index (χ1) is 13.5. The van der Waals surface area contributed by atoms with Gasteiger partial charge in [-0.2, -0.15) is 0 Å². The molecule has 0 atom stereocenters. The van der Waals surface area contributed by atoms with E-state index in [1.807, 2.05) is 24.3 Å². The molecular weight excluding hydrogens is 352 g/mol. The number of fused-ring (bicyclic) bond motifs is 1. The Morgan fingerprint density at radius 3 is 2.64 bits per heavy atom. The number of rotatable bonds is 6. The molecule has 1 aromatic heterocycles. The van der Waals surface area contributed by atoms with Crippen molar-refractivity contribution in [3.05, 3.63) is 60.3 Å². The third-order valence-corrected chi connectivity index (χ3v) is 4.33. The molecule has 3 rings (SSSR count). The maximum Gasteiger partial charge on any atom is 0.213 e. The zero-order valence-corrected chi connectivity index (χ0v) is 17.0. The van der Waals surface area contributed by atoms with Gasteiger partial charge in [0.05, 0.1) is 19.3 Å². The van der Waals surface area contributed by atoms with E-state index >= 15 is 0 Å². The number of aromatic nitrogens is 1. The van der Waals surface area contributed by atoms with E-state index in [9.17, 15) is 0 Å². The van der Waals surface area contributed by atoms with Crippen LogP contribution >= 0.6 is 0 Å². The summed E-state index contributed by atoms with van der Waals surface area (Å²) in [5.74, 6) is 3.07. The van der Waals surface area contributed by atoms with Crippen LogP contribution in [0, 0.1) is 0 Å². The van der Waals surface area contributed by atoms with E-state index in [2.05, 4.69) is 59.6 Å². The molecule has 0 radical (unpaired) electrons. The minimum atomic E-state index is -0.0515. The van der Waals surface area contributed by atoms with E-state index in [0.29, 0.717) is 31.5 Å². The molecule has 28 heavy (non-hydrogen) atoms. The summed E-state index contributed by atoms with van der Waals surface area (Å²) < 4.78 is 11.7. The topological polar surface area (TPSA) is 71.7 Å². The normalized spacial score (nSPS) is 12.2. The molecular formula is C22H28N4O2. The molecule has 2 N–H and O–H groups in total. The van der Waals surface area contributed by atoms with Crippen LogP contribution < -0.4 is 15.4 Å². The zero-order valence-electron chi connectivity index (χ0n) is 17.0. The van der Waals surface area contributed by atoms with Crippen molar-refractivity contribution in [3.63, 3.8) is 0 Å². The Hall–Kier alpha value is -3.02. The van der Waals surface area contributed by atoms with Crippen molar-refractivity contribution in [1.29, 1.82) is 0 Å². The number of guanidine groups is 1. The van der Waals surface area contributed by atoms with Crippen molar-refractivity contribution in [2.45, 2.75) is 32.7 Å². The average molecular weight is 380 g/mol. The summed E-state index contributed by atoms with van der Waals surface area (Å²) in [7, 11) is 1.73. The van der Waals surface area contributed by atoms with Crippen LogP contribution in [0.3, 0.4) is 0 Å². The van der Waals surface area contributed by atoms with Crippen LogP contribution in [0.25, 0.3) is 10.8 Å². The van der Waals surface area contributed by atoms with Gasteiger partial charge >= 0.3 is 0 Å². The van der Waals surface area contributed by atoms with Gasteiger partial charge in [-0.25, -0.2) is 4.98 Å². The molecule has 2 aromatic carbocycles. The van der Waals surface area contributed by atoms with E-state index < -0.39 is 0 Å². The van der Waals surface area contributed by atoms with Crippen LogP contribution in [-0.4, -0.2) is 31.1 Å². The second-order valence-electron chi connectivity index (χ2n) is 7.55. The highest BCUT2D eigenvalue weighted by atomic mass is 16.5. The minimum absolute atomic E-state index is 0.0515.